The van der Waals surface area contributed by atoms with Gasteiger partial charge in [-0.25, -0.2) is 0 Å². The summed E-state index contributed by atoms with van der Waals surface area (Å²) in [5, 5.41) is 0.422. The Kier molecular flexibility index (Phi) is 7.15. The number of benzene rings is 4. The molecule has 0 unspecified atom stereocenters. The standard InChI is InChI=1S/C41H50O4P/c1-38(2,3)28-22-26-21-27-23-29(39(4,5)6)25-33(41(10,11)12)37(27)45-46(42,44-36(26)32(24-28)40(7,8)9)35-20-16-14-18-31(35)30-17-13-15-19-34(30)43-46/h13-20,22-25H,21H2,1-12H3. The van der Waals surface area contributed by atoms with Gasteiger partial charge in [-0.1, -0.05) is 0 Å². The van der Waals surface area contributed by atoms with E-state index < -0.39 is 7.51 Å². The fourth-order valence-corrected chi connectivity index (χ4v) is 9.40. The third-order valence-corrected chi connectivity index (χ3v) is 12.0. The van der Waals surface area contributed by atoms with Gasteiger partial charge in [0.1, 0.15) is 0 Å². The average molecular weight is 638 g/mol. The number of rotatable bonds is 0. The third kappa shape index (κ3) is 5.42. The molecule has 4 aromatic carbocycles. The molecule has 0 saturated heterocycles. The first-order valence-corrected chi connectivity index (χ1v) is 18.4. The van der Waals surface area contributed by atoms with Gasteiger partial charge in [0.25, 0.3) is 0 Å². The van der Waals surface area contributed by atoms with Crippen LogP contribution in [0.2, 0.25) is 0 Å². The fourth-order valence-electron chi connectivity index (χ4n) is 6.52. The second-order valence-corrected chi connectivity index (χ2v) is 20.0. The number of hydrogen-bond acceptors (Lipinski definition) is 3. The molecule has 0 saturated carbocycles. The summed E-state index contributed by atoms with van der Waals surface area (Å²) in [4.78, 5) is 16.6. The first-order chi connectivity index (χ1) is 21.1. The van der Waals surface area contributed by atoms with E-state index in [2.05, 4.69) is 107 Å². The molecule has 0 bridgehead atoms. The number of fused-ring (bicyclic) bond motifs is 6. The Morgan fingerprint density at radius 1 is 0.522 bits per heavy atom. The zero-order valence-corrected chi connectivity index (χ0v) is 30.6. The predicted octanol–water partition coefficient (Wildman–Crippen LogP) is 11.3. The van der Waals surface area contributed by atoms with Crippen LogP contribution in [0, 0.1) is 0 Å². The molecule has 0 N–H and O–H groups in total. The molecule has 0 aliphatic carbocycles. The minimum absolute atomic E-state index is 0.114. The van der Waals surface area contributed by atoms with E-state index in [0.29, 0.717) is 29.0 Å². The van der Waals surface area contributed by atoms with Gasteiger partial charge in [0, 0.05) is 0 Å². The molecule has 4 nitrogen and oxygen atoms in total. The van der Waals surface area contributed by atoms with E-state index in [0.717, 1.165) is 33.4 Å². The monoisotopic (exact) mass is 637 g/mol. The van der Waals surface area contributed by atoms with Crippen LogP contribution in [0.4, 0.5) is 0 Å². The van der Waals surface area contributed by atoms with Gasteiger partial charge in [-0.15, -0.1) is 0 Å². The SMILES string of the molecule is CC(C)(C)c1cc2c(c(C(C)(C)C)c1)OP1([O])(Oc3ccccc3-c3ccccc31)Oc1c(cc(C(C)(C)C)cc1C(C)(C)C)C2. The van der Waals surface area contributed by atoms with Crippen LogP contribution in [0.25, 0.3) is 11.1 Å². The van der Waals surface area contributed by atoms with Crippen molar-refractivity contribution in [3.63, 3.8) is 0 Å². The summed E-state index contributed by atoms with van der Waals surface area (Å²) in [7, 11) is -5.45. The molecule has 0 atom stereocenters. The summed E-state index contributed by atoms with van der Waals surface area (Å²) in [5.41, 5.74) is 7.09. The zero-order valence-electron chi connectivity index (χ0n) is 29.7. The first kappa shape index (κ1) is 32.6. The summed E-state index contributed by atoms with van der Waals surface area (Å²) in [6.07, 6.45) is 0.565. The van der Waals surface area contributed by atoms with Crippen LogP contribution in [0.3, 0.4) is 0 Å². The third-order valence-electron chi connectivity index (χ3n) is 9.29. The molecule has 0 fully saturated rings. The van der Waals surface area contributed by atoms with Crippen molar-refractivity contribution in [1.29, 1.82) is 0 Å². The second kappa shape index (κ2) is 10.1. The summed E-state index contributed by atoms with van der Waals surface area (Å²) in [6.45, 7) is 26.5. The van der Waals surface area contributed by atoms with Gasteiger partial charge in [0.2, 0.25) is 0 Å². The quantitative estimate of drug-likeness (QED) is 0.180. The van der Waals surface area contributed by atoms with Crippen molar-refractivity contribution in [2.75, 3.05) is 0 Å². The Morgan fingerprint density at radius 2 is 0.957 bits per heavy atom. The van der Waals surface area contributed by atoms with Gasteiger partial charge in [-0.05, 0) is 0 Å². The first-order valence-electron chi connectivity index (χ1n) is 16.5. The number of hydrogen-bond donors (Lipinski definition) is 0. The van der Waals surface area contributed by atoms with Crippen LogP contribution in [0.1, 0.15) is 116 Å². The minimum atomic E-state index is -5.45. The van der Waals surface area contributed by atoms with Gasteiger partial charge in [0.15, 0.2) is 0 Å². The van der Waals surface area contributed by atoms with E-state index >= 15 is 4.89 Å². The Balaban J connectivity index is 1.80. The molecule has 1 spiro atoms. The normalized spacial score (nSPS) is 17.7. The molecule has 0 amide bonds. The van der Waals surface area contributed by atoms with Crippen molar-refractivity contribution in [1.82, 2.24) is 0 Å². The Morgan fingerprint density at radius 3 is 1.41 bits per heavy atom. The van der Waals surface area contributed by atoms with Crippen molar-refractivity contribution >= 4 is 12.8 Å². The van der Waals surface area contributed by atoms with Gasteiger partial charge in [-0.2, -0.15) is 0 Å². The summed E-state index contributed by atoms with van der Waals surface area (Å²) in [5.74, 6) is 1.63. The Hall–Kier alpha value is -3.33. The van der Waals surface area contributed by atoms with E-state index in [1.807, 2.05) is 48.5 Å². The fraction of sp³-hybridized carbons (Fsp3) is 0.415. The van der Waals surface area contributed by atoms with Crippen LogP contribution < -0.4 is 18.9 Å². The van der Waals surface area contributed by atoms with Crippen molar-refractivity contribution in [3.05, 3.63) is 106 Å². The molecule has 2 heterocycles. The van der Waals surface area contributed by atoms with E-state index in [1.54, 1.807) is 0 Å². The summed E-state index contributed by atoms with van der Waals surface area (Å²) >= 11 is 0. The second-order valence-electron chi connectivity index (χ2n) is 17.3. The van der Waals surface area contributed by atoms with Crippen molar-refractivity contribution in [2.45, 2.75) is 111 Å². The molecule has 2 aliphatic heterocycles. The molecule has 5 heteroatoms. The molecular weight excluding hydrogens is 587 g/mol. The van der Waals surface area contributed by atoms with Gasteiger partial charge in [-0.3, -0.25) is 0 Å². The van der Waals surface area contributed by atoms with E-state index in [1.165, 1.54) is 11.1 Å². The molecule has 0 aromatic heterocycles. The van der Waals surface area contributed by atoms with Crippen LogP contribution in [0.5, 0.6) is 17.2 Å². The topological polar surface area (TPSA) is 47.6 Å². The van der Waals surface area contributed by atoms with Gasteiger partial charge < -0.3 is 0 Å². The Labute approximate surface area is 276 Å². The molecule has 6 rings (SSSR count). The van der Waals surface area contributed by atoms with Crippen molar-refractivity contribution in [2.24, 2.45) is 0 Å². The summed E-state index contributed by atoms with van der Waals surface area (Å²) in [6, 6.07) is 24.3. The van der Waals surface area contributed by atoms with Crippen LogP contribution >= 0.6 is 7.51 Å². The number of para-hydroxylation sites is 1. The van der Waals surface area contributed by atoms with E-state index in [-0.39, 0.29) is 21.7 Å². The maximum atomic E-state index is 16.6. The van der Waals surface area contributed by atoms with Crippen LogP contribution in [-0.4, -0.2) is 0 Å². The zero-order chi connectivity index (χ0) is 33.7. The van der Waals surface area contributed by atoms with E-state index in [9.17, 15) is 0 Å². The van der Waals surface area contributed by atoms with Crippen molar-refractivity contribution < 1.29 is 18.5 Å². The predicted molar refractivity (Wildman–Crippen MR) is 191 cm³/mol. The average Bonchev–Trinajstić information content (AvgIpc) is 2.91. The molecule has 243 valence electrons. The summed E-state index contributed by atoms with van der Waals surface area (Å²) < 4.78 is 21.0. The van der Waals surface area contributed by atoms with Crippen LogP contribution in [0.15, 0.2) is 72.8 Å². The molecule has 46 heavy (non-hydrogen) atoms. The van der Waals surface area contributed by atoms with E-state index in [4.69, 9.17) is 13.6 Å². The molecule has 1 radical (unpaired) electrons. The molecule has 4 aromatic rings. The van der Waals surface area contributed by atoms with Gasteiger partial charge in [0.05, 0.1) is 0 Å². The van der Waals surface area contributed by atoms with Crippen LogP contribution in [-0.2, 0) is 33.0 Å². The molecular formula is C41H50O4P. The Bertz CT molecular complexity index is 1770. The molecule has 2 aliphatic rings. The van der Waals surface area contributed by atoms with Crippen molar-refractivity contribution in [3.8, 4) is 28.4 Å². The van der Waals surface area contributed by atoms with Gasteiger partial charge >= 0.3 is 277 Å². The maximum absolute atomic E-state index is 16.6.